The van der Waals surface area contributed by atoms with Crippen LogP contribution >= 0.6 is 11.3 Å². The molecule has 0 unspecified atom stereocenters. The van der Waals surface area contributed by atoms with Gasteiger partial charge in [0.25, 0.3) is 0 Å². The first-order valence-electron chi connectivity index (χ1n) is 6.46. The minimum atomic E-state index is -0.823. The summed E-state index contributed by atoms with van der Waals surface area (Å²) < 4.78 is 0. The maximum absolute atomic E-state index is 10.9. The zero-order chi connectivity index (χ0) is 13.3. The summed E-state index contributed by atoms with van der Waals surface area (Å²) >= 11 is 1.38. The van der Waals surface area contributed by atoms with Gasteiger partial charge in [-0.1, -0.05) is 20.8 Å². The van der Waals surface area contributed by atoms with Crippen molar-refractivity contribution in [1.29, 1.82) is 0 Å². The van der Waals surface area contributed by atoms with E-state index in [1.165, 1.54) is 24.2 Å². The van der Waals surface area contributed by atoms with Gasteiger partial charge in [0.1, 0.15) is 4.88 Å². The summed E-state index contributed by atoms with van der Waals surface area (Å²) in [4.78, 5) is 13.6. The fourth-order valence-corrected chi connectivity index (χ4v) is 3.47. The molecule has 0 amide bonds. The van der Waals surface area contributed by atoms with Crippen LogP contribution in [-0.4, -0.2) is 24.2 Å². The average Bonchev–Trinajstić information content (AvgIpc) is 2.77. The summed E-state index contributed by atoms with van der Waals surface area (Å²) in [7, 11) is 0. The Morgan fingerprint density at radius 1 is 1.33 bits per heavy atom. The normalized spacial score (nSPS) is 18.1. The van der Waals surface area contributed by atoms with Gasteiger partial charge in [-0.3, -0.25) is 0 Å². The number of piperidine rings is 1. The molecule has 0 saturated carbocycles. The standard InChI is InChI=1S/C14H21NO2S/c1-14(2,3)10-6-8-15(9-7-10)12-5-4-11(18-12)13(16)17/h4-5,10H,6-9H2,1-3H3,(H,16,17). The van der Waals surface area contributed by atoms with Gasteiger partial charge in [0.05, 0.1) is 5.00 Å². The zero-order valence-electron chi connectivity index (χ0n) is 11.3. The molecule has 0 aromatic carbocycles. The van der Waals surface area contributed by atoms with Crippen molar-refractivity contribution in [3.63, 3.8) is 0 Å². The molecule has 0 aliphatic carbocycles. The monoisotopic (exact) mass is 267 g/mol. The van der Waals surface area contributed by atoms with E-state index in [1.54, 1.807) is 6.07 Å². The molecule has 0 spiro atoms. The van der Waals surface area contributed by atoms with Gasteiger partial charge in [-0.2, -0.15) is 0 Å². The van der Waals surface area contributed by atoms with Crippen LogP contribution in [-0.2, 0) is 0 Å². The number of hydrogen-bond donors (Lipinski definition) is 1. The van der Waals surface area contributed by atoms with Crippen molar-refractivity contribution in [2.45, 2.75) is 33.6 Å². The van der Waals surface area contributed by atoms with Crippen molar-refractivity contribution in [2.24, 2.45) is 11.3 Å². The van der Waals surface area contributed by atoms with E-state index >= 15 is 0 Å². The second-order valence-electron chi connectivity index (χ2n) is 6.07. The van der Waals surface area contributed by atoms with E-state index in [0.717, 1.165) is 24.0 Å². The summed E-state index contributed by atoms with van der Waals surface area (Å²) in [6.45, 7) is 9.01. The first-order chi connectivity index (χ1) is 8.38. The van der Waals surface area contributed by atoms with Gasteiger partial charge >= 0.3 is 5.97 Å². The number of carbonyl (C=O) groups is 1. The molecule has 1 aromatic heterocycles. The minimum Gasteiger partial charge on any atom is -0.477 e. The first-order valence-corrected chi connectivity index (χ1v) is 7.27. The predicted molar refractivity (Wildman–Crippen MR) is 75.7 cm³/mol. The quantitative estimate of drug-likeness (QED) is 0.888. The van der Waals surface area contributed by atoms with Gasteiger partial charge in [0, 0.05) is 13.1 Å². The maximum Gasteiger partial charge on any atom is 0.345 e. The molecule has 1 aromatic rings. The second-order valence-corrected chi connectivity index (χ2v) is 7.13. The van der Waals surface area contributed by atoms with Crippen LogP contribution in [0, 0.1) is 11.3 Å². The summed E-state index contributed by atoms with van der Waals surface area (Å²) in [5.74, 6) is -0.0523. The van der Waals surface area contributed by atoms with Crippen LogP contribution in [0.25, 0.3) is 0 Å². The highest BCUT2D eigenvalue weighted by atomic mass is 32.1. The van der Waals surface area contributed by atoms with E-state index in [0.29, 0.717) is 10.3 Å². The van der Waals surface area contributed by atoms with Crippen molar-refractivity contribution in [3.05, 3.63) is 17.0 Å². The Hall–Kier alpha value is -1.03. The van der Waals surface area contributed by atoms with Crippen LogP contribution in [0.2, 0.25) is 0 Å². The topological polar surface area (TPSA) is 40.5 Å². The highest BCUT2D eigenvalue weighted by Crippen LogP contribution is 2.37. The molecule has 1 N–H and O–H groups in total. The largest absolute Gasteiger partial charge is 0.477 e. The summed E-state index contributed by atoms with van der Waals surface area (Å²) in [6.07, 6.45) is 2.40. The van der Waals surface area contributed by atoms with Crippen molar-refractivity contribution in [1.82, 2.24) is 0 Å². The number of nitrogens with zero attached hydrogens (tertiary/aromatic N) is 1. The Balaban J connectivity index is 1.99. The van der Waals surface area contributed by atoms with E-state index in [-0.39, 0.29) is 0 Å². The smallest absolute Gasteiger partial charge is 0.345 e. The Labute approximate surface area is 112 Å². The number of rotatable bonds is 2. The number of carboxylic acids is 1. The Morgan fingerprint density at radius 2 is 1.94 bits per heavy atom. The minimum absolute atomic E-state index is 0.383. The first kappa shape index (κ1) is 13.4. The average molecular weight is 267 g/mol. The van der Waals surface area contributed by atoms with Gasteiger partial charge in [-0.05, 0) is 36.3 Å². The van der Waals surface area contributed by atoms with Crippen LogP contribution in [0.1, 0.15) is 43.3 Å². The molecule has 2 rings (SSSR count). The molecule has 0 atom stereocenters. The Bertz CT molecular complexity index is 425. The van der Waals surface area contributed by atoms with Crippen LogP contribution in [0.4, 0.5) is 5.00 Å². The van der Waals surface area contributed by atoms with E-state index in [4.69, 9.17) is 5.11 Å². The van der Waals surface area contributed by atoms with Crippen molar-refractivity contribution in [3.8, 4) is 0 Å². The van der Waals surface area contributed by atoms with E-state index < -0.39 is 5.97 Å². The van der Waals surface area contributed by atoms with Crippen molar-refractivity contribution >= 4 is 22.3 Å². The Kier molecular flexibility index (Phi) is 3.66. The van der Waals surface area contributed by atoms with E-state index in [1.807, 2.05) is 6.07 Å². The maximum atomic E-state index is 10.9. The lowest BCUT2D eigenvalue weighted by atomic mass is 9.75. The lowest BCUT2D eigenvalue weighted by Gasteiger charge is -2.39. The highest BCUT2D eigenvalue weighted by molar-refractivity contribution is 7.17. The zero-order valence-corrected chi connectivity index (χ0v) is 12.1. The molecule has 2 heterocycles. The Morgan fingerprint density at radius 3 is 2.39 bits per heavy atom. The van der Waals surface area contributed by atoms with Gasteiger partial charge in [0.2, 0.25) is 0 Å². The van der Waals surface area contributed by atoms with E-state index in [9.17, 15) is 4.79 Å². The SMILES string of the molecule is CC(C)(C)C1CCN(c2ccc(C(=O)O)s2)CC1. The second kappa shape index (κ2) is 4.92. The van der Waals surface area contributed by atoms with E-state index in [2.05, 4.69) is 25.7 Å². The van der Waals surface area contributed by atoms with Crippen molar-refractivity contribution < 1.29 is 9.90 Å². The van der Waals surface area contributed by atoms with Crippen LogP contribution in [0.5, 0.6) is 0 Å². The molecule has 3 nitrogen and oxygen atoms in total. The van der Waals surface area contributed by atoms with Gasteiger partial charge < -0.3 is 10.0 Å². The highest BCUT2D eigenvalue weighted by Gasteiger charge is 2.29. The molecule has 18 heavy (non-hydrogen) atoms. The number of carboxylic acid groups (broad SMARTS) is 1. The summed E-state index contributed by atoms with van der Waals surface area (Å²) in [5, 5.41) is 10.0. The van der Waals surface area contributed by atoms with Gasteiger partial charge in [-0.25, -0.2) is 4.79 Å². The van der Waals surface area contributed by atoms with Gasteiger partial charge in [-0.15, -0.1) is 11.3 Å². The predicted octanol–water partition coefficient (Wildman–Crippen LogP) is 3.71. The van der Waals surface area contributed by atoms with Crippen molar-refractivity contribution in [2.75, 3.05) is 18.0 Å². The molecule has 1 saturated heterocycles. The third kappa shape index (κ3) is 2.86. The fraction of sp³-hybridized carbons (Fsp3) is 0.643. The van der Waals surface area contributed by atoms with Gasteiger partial charge in [0.15, 0.2) is 0 Å². The molecule has 0 bridgehead atoms. The molecule has 1 aliphatic heterocycles. The number of thiophene rings is 1. The molecule has 1 fully saturated rings. The molecule has 0 radical (unpaired) electrons. The van der Waals surface area contributed by atoms with Crippen LogP contribution < -0.4 is 4.90 Å². The lowest BCUT2D eigenvalue weighted by molar-refractivity contribution is 0.0702. The molecular formula is C14H21NO2S. The molecule has 1 aliphatic rings. The molecule has 4 heteroatoms. The molecular weight excluding hydrogens is 246 g/mol. The number of hydrogen-bond acceptors (Lipinski definition) is 3. The fourth-order valence-electron chi connectivity index (χ4n) is 2.58. The van der Waals surface area contributed by atoms with Crippen LogP contribution in [0.3, 0.4) is 0 Å². The lowest BCUT2D eigenvalue weighted by Crippen LogP contribution is -2.37. The molecule has 100 valence electrons. The van der Waals surface area contributed by atoms with Crippen LogP contribution in [0.15, 0.2) is 12.1 Å². The summed E-state index contributed by atoms with van der Waals surface area (Å²) in [6, 6.07) is 3.64. The summed E-state index contributed by atoms with van der Waals surface area (Å²) in [5.41, 5.74) is 0.383. The number of anilines is 1. The third-order valence-electron chi connectivity index (χ3n) is 3.83. The third-order valence-corrected chi connectivity index (χ3v) is 4.97. The number of aromatic carboxylic acids is 1.